The van der Waals surface area contributed by atoms with Gasteiger partial charge in [-0.15, -0.1) is 10.2 Å². The number of ether oxygens (including phenoxy) is 1. The van der Waals surface area contributed by atoms with Crippen molar-refractivity contribution in [2.24, 2.45) is 0 Å². The Morgan fingerprint density at radius 1 is 1.12 bits per heavy atom. The van der Waals surface area contributed by atoms with E-state index in [0.29, 0.717) is 31.3 Å². The lowest BCUT2D eigenvalue weighted by atomic mass is 10.2. The normalized spacial score (nSPS) is 16.6. The molecule has 0 aliphatic carbocycles. The van der Waals surface area contributed by atoms with Crippen LogP contribution in [0.25, 0.3) is 0 Å². The summed E-state index contributed by atoms with van der Waals surface area (Å²) in [6.45, 7) is 1.76. The fourth-order valence-corrected chi connectivity index (χ4v) is 2.35. The van der Waals surface area contributed by atoms with Gasteiger partial charge in [0.05, 0.1) is 0 Å². The Morgan fingerprint density at radius 2 is 1.92 bits per heavy atom. The van der Waals surface area contributed by atoms with Gasteiger partial charge in [-0.05, 0) is 37.1 Å². The summed E-state index contributed by atoms with van der Waals surface area (Å²) in [5.41, 5.74) is 0.900. The van der Waals surface area contributed by atoms with Crippen LogP contribution >= 0.6 is 0 Å². The van der Waals surface area contributed by atoms with E-state index >= 15 is 0 Å². The van der Waals surface area contributed by atoms with Crippen LogP contribution in [-0.2, 0) is 9.53 Å². The van der Waals surface area contributed by atoms with E-state index < -0.39 is 0 Å². The van der Waals surface area contributed by atoms with Gasteiger partial charge in [0, 0.05) is 37.8 Å². The zero-order valence-electron chi connectivity index (χ0n) is 13.2. The predicted octanol–water partition coefficient (Wildman–Crippen LogP) is 1.32. The molecular formula is C16H20N6O2. The number of aromatic nitrogens is 3. The third kappa shape index (κ3) is 4.63. The quantitative estimate of drug-likeness (QED) is 0.659. The standard InChI is InChI=1S/C16H20N6O2/c23-16(13-2-1-11-24-13)19-10-9-18-14-3-4-15(22-21-14)20-12-5-7-17-8-6-12/h3-8,13H,1-2,9-11H2,(H,18,21)(H,19,23)(H,17,20,22). The van der Waals surface area contributed by atoms with Crippen molar-refractivity contribution in [3.8, 4) is 0 Å². The van der Waals surface area contributed by atoms with Gasteiger partial charge in [0.25, 0.3) is 0 Å². The highest BCUT2D eigenvalue weighted by Crippen LogP contribution is 2.13. The van der Waals surface area contributed by atoms with Gasteiger partial charge in [0.2, 0.25) is 5.91 Å². The molecule has 0 saturated carbocycles. The van der Waals surface area contributed by atoms with Gasteiger partial charge in [-0.3, -0.25) is 9.78 Å². The molecule has 24 heavy (non-hydrogen) atoms. The highest BCUT2D eigenvalue weighted by atomic mass is 16.5. The van der Waals surface area contributed by atoms with Crippen LogP contribution in [0.5, 0.6) is 0 Å². The van der Waals surface area contributed by atoms with Crippen molar-refractivity contribution in [1.82, 2.24) is 20.5 Å². The minimum absolute atomic E-state index is 0.0442. The first-order valence-electron chi connectivity index (χ1n) is 7.95. The number of carbonyl (C=O) groups is 1. The van der Waals surface area contributed by atoms with Crippen molar-refractivity contribution in [1.29, 1.82) is 0 Å². The summed E-state index contributed by atoms with van der Waals surface area (Å²) in [4.78, 5) is 15.7. The van der Waals surface area contributed by atoms with Gasteiger partial charge in [0.15, 0.2) is 5.82 Å². The Bertz CT molecular complexity index is 643. The van der Waals surface area contributed by atoms with Crippen LogP contribution < -0.4 is 16.0 Å². The molecule has 3 N–H and O–H groups in total. The van der Waals surface area contributed by atoms with E-state index in [1.807, 2.05) is 24.3 Å². The van der Waals surface area contributed by atoms with Crippen molar-refractivity contribution in [2.45, 2.75) is 18.9 Å². The van der Waals surface area contributed by atoms with Crippen molar-refractivity contribution < 1.29 is 9.53 Å². The van der Waals surface area contributed by atoms with E-state index in [9.17, 15) is 4.79 Å². The number of rotatable bonds is 7. The molecule has 8 heteroatoms. The van der Waals surface area contributed by atoms with Gasteiger partial charge in [-0.25, -0.2) is 0 Å². The summed E-state index contributed by atoms with van der Waals surface area (Å²) < 4.78 is 5.33. The van der Waals surface area contributed by atoms with Crippen LogP contribution in [0.3, 0.4) is 0 Å². The van der Waals surface area contributed by atoms with Crippen molar-refractivity contribution in [3.63, 3.8) is 0 Å². The van der Waals surface area contributed by atoms with Crippen LogP contribution in [0.1, 0.15) is 12.8 Å². The maximum atomic E-state index is 11.8. The molecule has 1 amide bonds. The number of hydrogen-bond donors (Lipinski definition) is 3. The Balaban J connectivity index is 1.39. The number of carbonyl (C=O) groups excluding carboxylic acids is 1. The molecule has 3 rings (SSSR count). The Labute approximate surface area is 140 Å². The fourth-order valence-electron chi connectivity index (χ4n) is 2.35. The van der Waals surface area contributed by atoms with Crippen LogP contribution in [0.15, 0.2) is 36.7 Å². The van der Waals surface area contributed by atoms with Gasteiger partial charge in [-0.1, -0.05) is 0 Å². The van der Waals surface area contributed by atoms with Gasteiger partial charge in [0.1, 0.15) is 11.9 Å². The monoisotopic (exact) mass is 328 g/mol. The van der Waals surface area contributed by atoms with Crippen LogP contribution in [-0.4, -0.2) is 46.9 Å². The van der Waals surface area contributed by atoms with Gasteiger partial charge < -0.3 is 20.7 Å². The van der Waals surface area contributed by atoms with E-state index in [0.717, 1.165) is 18.5 Å². The zero-order valence-corrected chi connectivity index (χ0v) is 13.2. The smallest absolute Gasteiger partial charge is 0.249 e. The number of hydrogen-bond acceptors (Lipinski definition) is 7. The van der Waals surface area contributed by atoms with E-state index in [2.05, 4.69) is 31.1 Å². The van der Waals surface area contributed by atoms with E-state index in [4.69, 9.17) is 4.74 Å². The van der Waals surface area contributed by atoms with Crippen LogP contribution in [0.2, 0.25) is 0 Å². The molecule has 8 nitrogen and oxygen atoms in total. The maximum absolute atomic E-state index is 11.8. The average molecular weight is 328 g/mol. The third-order valence-corrected chi connectivity index (χ3v) is 3.57. The van der Waals surface area contributed by atoms with Crippen molar-refractivity contribution in [3.05, 3.63) is 36.7 Å². The lowest BCUT2D eigenvalue weighted by molar-refractivity contribution is -0.129. The molecule has 3 heterocycles. The first kappa shape index (κ1) is 16.1. The molecular weight excluding hydrogens is 308 g/mol. The molecule has 126 valence electrons. The Morgan fingerprint density at radius 3 is 2.62 bits per heavy atom. The fraction of sp³-hybridized carbons (Fsp3) is 0.375. The molecule has 1 fully saturated rings. The summed E-state index contributed by atoms with van der Waals surface area (Å²) in [5, 5.41) is 17.3. The number of anilines is 3. The summed E-state index contributed by atoms with van der Waals surface area (Å²) >= 11 is 0. The minimum Gasteiger partial charge on any atom is -0.368 e. The Kier molecular flexibility index (Phi) is 5.52. The predicted molar refractivity (Wildman–Crippen MR) is 90.0 cm³/mol. The molecule has 1 atom stereocenters. The number of nitrogens with zero attached hydrogens (tertiary/aromatic N) is 3. The summed E-state index contributed by atoms with van der Waals surface area (Å²) in [5.74, 6) is 1.26. The molecule has 1 saturated heterocycles. The van der Waals surface area contributed by atoms with Crippen molar-refractivity contribution in [2.75, 3.05) is 30.3 Å². The number of amides is 1. The molecule has 1 aliphatic rings. The first-order valence-corrected chi connectivity index (χ1v) is 7.95. The molecule has 2 aromatic heterocycles. The van der Waals surface area contributed by atoms with E-state index in [1.165, 1.54) is 0 Å². The molecule has 0 spiro atoms. The zero-order chi connectivity index (χ0) is 16.6. The largest absolute Gasteiger partial charge is 0.368 e. The highest BCUT2D eigenvalue weighted by Gasteiger charge is 2.22. The third-order valence-electron chi connectivity index (χ3n) is 3.57. The lowest BCUT2D eigenvalue weighted by Crippen LogP contribution is -2.36. The Hall–Kier alpha value is -2.74. The summed E-state index contributed by atoms with van der Waals surface area (Å²) in [6.07, 6.45) is 4.87. The summed E-state index contributed by atoms with van der Waals surface area (Å²) in [6, 6.07) is 7.37. The van der Waals surface area contributed by atoms with Crippen molar-refractivity contribution >= 4 is 23.2 Å². The second kappa shape index (κ2) is 8.21. The van der Waals surface area contributed by atoms with E-state index in [1.54, 1.807) is 12.4 Å². The van der Waals surface area contributed by atoms with Crippen LogP contribution in [0, 0.1) is 0 Å². The van der Waals surface area contributed by atoms with Gasteiger partial charge >= 0.3 is 0 Å². The molecule has 2 aromatic rings. The number of pyridine rings is 1. The number of nitrogens with one attached hydrogen (secondary N) is 3. The lowest BCUT2D eigenvalue weighted by Gasteiger charge is -2.11. The van der Waals surface area contributed by atoms with E-state index in [-0.39, 0.29) is 12.0 Å². The second-order valence-electron chi connectivity index (χ2n) is 5.38. The second-order valence-corrected chi connectivity index (χ2v) is 5.38. The van der Waals surface area contributed by atoms with Gasteiger partial charge in [-0.2, -0.15) is 0 Å². The minimum atomic E-state index is -0.289. The average Bonchev–Trinajstić information content (AvgIpc) is 3.16. The first-order chi connectivity index (χ1) is 11.8. The molecule has 0 radical (unpaired) electrons. The summed E-state index contributed by atoms with van der Waals surface area (Å²) in [7, 11) is 0. The maximum Gasteiger partial charge on any atom is 0.249 e. The SMILES string of the molecule is O=C(NCCNc1ccc(Nc2ccncc2)nn1)C1CCCO1. The topological polar surface area (TPSA) is 101 Å². The molecule has 1 unspecified atom stereocenters. The highest BCUT2D eigenvalue weighted by molar-refractivity contribution is 5.80. The molecule has 1 aliphatic heterocycles. The molecule has 0 aromatic carbocycles. The molecule has 0 bridgehead atoms. The van der Waals surface area contributed by atoms with Crippen LogP contribution in [0.4, 0.5) is 17.3 Å².